The largest absolute Gasteiger partial charge is 0.481 e. The number of nitrogens with one attached hydrogen (secondary N) is 1. The maximum atomic E-state index is 12.2. The molecule has 2 aliphatic carbocycles. The van der Waals surface area contributed by atoms with Crippen LogP contribution in [0.5, 0.6) is 0 Å². The summed E-state index contributed by atoms with van der Waals surface area (Å²) in [5.41, 5.74) is 0. The monoisotopic (exact) mass is 279 g/mol. The van der Waals surface area contributed by atoms with E-state index in [0.29, 0.717) is 10.8 Å². The summed E-state index contributed by atoms with van der Waals surface area (Å²) in [6.45, 7) is 1.96. The molecule has 0 aliphatic heterocycles. The van der Waals surface area contributed by atoms with Crippen molar-refractivity contribution in [3.63, 3.8) is 0 Å². The highest BCUT2D eigenvalue weighted by atomic mass is 32.1. The van der Waals surface area contributed by atoms with E-state index in [0.717, 1.165) is 24.1 Å². The lowest BCUT2D eigenvalue weighted by Gasteiger charge is -2.28. The lowest BCUT2D eigenvalue weighted by molar-refractivity contribution is -0.144. The van der Waals surface area contributed by atoms with E-state index in [-0.39, 0.29) is 17.9 Å². The van der Waals surface area contributed by atoms with Crippen LogP contribution in [0.25, 0.3) is 0 Å². The Kier molecular flexibility index (Phi) is 3.09. The van der Waals surface area contributed by atoms with Crippen molar-refractivity contribution in [2.75, 3.05) is 0 Å². The number of aryl methyl sites for hydroxylation is 1. The number of carboxylic acid groups (broad SMARTS) is 1. The summed E-state index contributed by atoms with van der Waals surface area (Å²) >= 11 is 1.45. The van der Waals surface area contributed by atoms with Crippen LogP contribution in [-0.4, -0.2) is 23.0 Å². The predicted octanol–water partition coefficient (Wildman–Crippen LogP) is 2.29. The van der Waals surface area contributed by atoms with Gasteiger partial charge in [-0.3, -0.25) is 9.59 Å². The fourth-order valence-corrected chi connectivity index (χ4v) is 4.40. The van der Waals surface area contributed by atoms with E-state index in [1.807, 2.05) is 13.0 Å². The molecule has 2 fully saturated rings. The molecule has 1 aromatic rings. The van der Waals surface area contributed by atoms with Crippen molar-refractivity contribution in [2.24, 2.45) is 17.8 Å². The molecular formula is C14H17NO3S. The van der Waals surface area contributed by atoms with E-state index >= 15 is 0 Å². The molecule has 0 spiro atoms. The zero-order valence-electron chi connectivity index (χ0n) is 10.8. The predicted molar refractivity (Wildman–Crippen MR) is 72.3 cm³/mol. The van der Waals surface area contributed by atoms with Crippen molar-refractivity contribution in [1.82, 2.24) is 5.32 Å². The first kappa shape index (κ1) is 12.7. The van der Waals surface area contributed by atoms with Crippen molar-refractivity contribution in [1.29, 1.82) is 0 Å². The van der Waals surface area contributed by atoms with Crippen LogP contribution in [0.3, 0.4) is 0 Å². The summed E-state index contributed by atoms with van der Waals surface area (Å²) in [5.74, 6) is -0.695. The van der Waals surface area contributed by atoms with Crippen molar-refractivity contribution in [3.05, 3.63) is 21.9 Å². The van der Waals surface area contributed by atoms with Crippen LogP contribution in [0.1, 0.15) is 33.8 Å². The van der Waals surface area contributed by atoms with Crippen molar-refractivity contribution in [3.8, 4) is 0 Å². The minimum Gasteiger partial charge on any atom is -0.481 e. The first-order valence-corrected chi connectivity index (χ1v) is 7.48. The molecule has 0 saturated heterocycles. The van der Waals surface area contributed by atoms with Crippen molar-refractivity contribution >= 4 is 23.2 Å². The van der Waals surface area contributed by atoms with E-state index in [1.54, 1.807) is 6.07 Å². The summed E-state index contributed by atoms with van der Waals surface area (Å²) in [7, 11) is 0. The van der Waals surface area contributed by atoms with Crippen molar-refractivity contribution in [2.45, 2.75) is 32.2 Å². The van der Waals surface area contributed by atoms with Gasteiger partial charge in [-0.2, -0.15) is 0 Å². The minimum atomic E-state index is -0.764. The number of carbonyl (C=O) groups excluding carboxylic acids is 1. The number of hydrogen-bond donors (Lipinski definition) is 2. The van der Waals surface area contributed by atoms with Crippen LogP contribution in [0.2, 0.25) is 0 Å². The van der Waals surface area contributed by atoms with Gasteiger partial charge in [0.05, 0.1) is 10.8 Å². The summed E-state index contributed by atoms with van der Waals surface area (Å²) < 4.78 is 0. The number of amides is 1. The first-order valence-electron chi connectivity index (χ1n) is 6.66. The van der Waals surface area contributed by atoms with Crippen LogP contribution in [0, 0.1) is 24.7 Å². The van der Waals surface area contributed by atoms with Gasteiger partial charge in [-0.15, -0.1) is 11.3 Å². The summed E-state index contributed by atoms with van der Waals surface area (Å²) in [5, 5.41) is 12.3. The van der Waals surface area contributed by atoms with Gasteiger partial charge in [-0.1, -0.05) is 0 Å². The number of fused-ring (bicyclic) bond motifs is 2. The molecule has 19 heavy (non-hydrogen) atoms. The third-order valence-electron chi connectivity index (χ3n) is 4.46. The van der Waals surface area contributed by atoms with E-state index in [1.165, 1.54) is 11.3 Å². The number of hydrogen-bond acceptors (Lipinski definition) is 3. The molecule has 3 rings (SSSR count). The first-order chi connectivity index (χ1) is 9.06. The molecular weight excluding hydrogens is 262 g/mol. The van der Waals surface area contributed by atoms with Gasteiger partial charge >= 0.3 is 5.97 Å². The molecule has 4 nitrogen and oxygen atoms in total. The average molecular weight is 279 g/mol. The molecule has 0 radical (unpaired) electrons. The third-order valence-corrected chi connectivity index (χ3v) is 5.46. The lowest BCUT2D eigenvalue weighted by atomic mass is 9.84. The topological polar surface area (TPSA) is 66.4 Å². The zero-order chi connectivity index (χ0) is 13.6. The SMILES string of the molecule is Cc1ccc(C(=O)NC2C3CCC(C3)C2C(=O)O)s1. The molecule has 2 bridgehead atoms. The number of rotatable bonds is 3. The van der Waals surface area contributed by atoms with Gasteiger partial charge in [0.2, 0.25) is 0 Å². The van der Waals surface area contributed by atoms with Gasteiger partial charge < -0.3 is 10.4 Å². The smallest absolute Gasteiger partial charge is 0.308 e. The lowest BCUT2D eigenvalue weighted by Crippen LogP contribution is -2.46. The fraction of sp³-hybridized carbons (Fsp3) is 0.571. The summed E-state index contributed by atoms with van der Waals surface area (Å²) in [4.78, 5) is 25.3. The highest BCUT2D eigenvalue weighted by molar-refractivity contribution is 7.13. The molecule has 5 heteroatoms. The fourth-order valence-electron chi connectivity index (χ4n) is 3.63. The van der Waals surface area contributed by atoms with Gasteiger partial charge in [0, 0.05) is 10.9 Å². The Morgan fingerprint density at radius 2 is 2.05 bits per heavy atom. The van der Waals surface area contributed by atoms with E-state index < -0.39 is 11.9 Å². The van der Waals surface area contributed by atoms with Crippen molar-refractivity contribution < 1.29 is 14.7 Å². The van der Waals surface area contributed by atoms with Gasteiger partial charge in [-0.25, -0.2) is 0 Å². The molecule has 1 aromatic heterocycles. The van der Waals surface area contributed by atoms with Crippen LogP contribution in [-0.2, 0) is 4.79 Å². The van der Waals surface area contributed by atoms with Crippen LogP contribution < -0.4 is 5.32 Å². The van der Waals surface area contributed by atoms with Crippen LogP contribution in [0.4, 0.5) is 0 Å². The number of thiophene rings is 1. The second kappa shape index (κ2) is 4.63. The highest BCUT2D eigenvalue weighted by Crippen LogP contribution is 2.48. The number of aliphatic carboxylic acids is 1. The Labute approximate surface area is 115 Å². The second-order valence-electron chi connectivity index (χ2n) is 5.61. The molecule has 0 aromatic carbocycles. The van der Waals surface area contributed by atoms with Crippen LogP contribution >= 0.6 is 11.3 Å². The Morgan fingerprint density at radius 1 is 1.32 bits per heavy atom. The molecule has 1 heterocycles. The highest BCUT2D eigenvalue weighted by Gasteiger charge is 2.51. The molecule has 102 valence electrons. The molecule has 1 amide bonds. The van der Waals surface area contributed by atoms with Gasteiger partial charge in [-0.05, 0) is 50.2 Å². The molecule has 2 aliphatic rings. The number of carboxylic acids is 1. The van der Waals surface area contributed by atoms with Gasteiger partial charge in [0.1, 0.15) is 0 Å². The number of carbonyl (C=O) groups is 2. The molecule has 2 saturated carbocycles. The van der Waals surface area contributed by atoms with E-state index in [9.17, 15) is 14.7 Å². The van der Waals surface area contributed by atoms with Crippen LogP contribution in [0.15, 0.2) is 12.1 Å². The van der Waals surface area contributed by atoms with E-state index in [4.69, 9.17) is 0 Å². The quantitative estimate of drug-likeness (QED) is 0.892. The summed E-state index contributed by atoms with van der Waals surface area (Å²) in [6.07, 6.45) is 2.99. The van der Waals surface area contributed by atoms with Gasteiger partial charge in [0.15, 0.2) is 0 Å². The Bertz CT molecular complexity index is 525. The maximum absolute atomic E-state index is 12.2. The Morgan fingerprint density at radius 3 is 2.68 bits per heavy atom. The Hall–Kier alpha value is -1.36. The standard InChI is InChI=1S/C14H17NO3S/c1-7-2-5-10(19-7)13(16)15-12-9-4-3-8(6-9)11(12)14(17)18/h2,5,8-9,11-12H,3-4,6H2,1H3,(H,15,16)(H,17,18). The maximum Gasteiger partial charge on any atom is 0.308 e. The summed E-state index contributed by atoms with van der Waals surface area (Å²) in [6, 6.07) is 3.53. The molecule has 4 atom stereocenters. The molecule has 4 unspecified atom stereocenters. The average Bonchev–Trinajstić information content (AvgIpc) is 3.03. The second-order valence-corrected chi connectivity index (χ2v) is 6.89. The zero-order valence-corrected chi connectivity index (χ0v) is 11.6. The third kappa shape index (κ3) is 2.16. The van der Waals surface area contributed by atoms with E-state index in [2.05, 4.69) is 5.32 Å². The normalized spacial score (nSPS) is 32.5. The van der Waals surface area contributed by atoms with Gasteiger partial charge in [0.25, 0.3) is 5.91 Å². The Balaban J connectivity index is 1.75. The molecule has 2 N–H and O–H groups in total. The minimum absolute atomic E-state index is 0.123.